The lowest BCUT2D eigenvalue weighted by atomic mass is 10.0. The SMILES string of the molecule is Cc1ccc(C)c(CN2C(=O)C(C(C)C(=O)NCC3COc4ccccc4O3)Sc3ccccc32)c1. The Hall–Kier alpha value is -3.45. The number of nitrogens with one attached hydrogen (secondary N) is 1. The minimum Gasteiger partial charge on any atom is -0.486 e. The molecule has 0 radical (unpaired) electrons. The van der Waals surface area contributed by atoms with E-state index in [0.717, 1.165) is 27.3 Å². The summed E-state index contributed by atoms with van der Waals surface area (Å²) in [6.45, 7) is 7.09. The second kappa shape index (κ2) is 10.3. The van der Waals surface area contributed by atoms with Gasteiger partial charge in [-0.3, -0.25) is 9.59 Å². The first-order valence-corrected chi connectivity index (χ1v) is 13.1. The van der Waals surface area contributed by atoms with Crippen LogP contribution in [-0.2, 0) is 16.1 Å². The smallest absolute Gasteiger partial charge is 0.241 e. The third-order valence-corrected chi connectivity index (χ3v) is 8.15. The molecule has 0 aromatic heterocycles. The van der Waals surface area contributed by atoms with Gasteiger partial charge in [0.1, 0.15) is 18.0 Å². The van der Waals surface area contributed by atoms with Gasteiger partial charge < -0.3 is 19.7 Å². The molecule has 0 saturated heterocycles. The quantitative estimate of drug-likeness (QED) is 0.519. The minimum absolute atomic E-state index is 0.0477. The van der Waals surface area contributed by atoms with Crippen molar-refractivity contribution in [1.82, 2.24) is 5.32 Å². The second-order valence-corrected chi connectivity index (χ2v) is 10.6. The number of ether oxygens (including phenoxy) is 2. The van der Waals surface area contributed by atoms with Crippen molar-refractivity contribution in [2.24, 2.45) is 5.92 Å². The summed E-state index contributed by atoms with van der Waals surface area (Å²) in [7, 11) is 0. The Labute approximate surface area is 216 Å². The van der Waals surface area contributed by atoms with Crippen molar-refractivity contribution in [1.29, 1.82) is 0 Å². The number of carbonyl (C=O) groups excluding carboxylic acids is 2. The summed E-state index contributed by atoms with van der Waals surface area (Å²) >= 11 is 1.47. The maximum absolute atomic E-state index is 13.8. The third kappa shape index (κ3) is 4.93. The monoisotopic (exact) mass is 502 g/mol. The fraction of sp³-hybridized carbons (Fsp3) is 0.310. The third-order valence-electron chi connectivity index (χ3n) is 6.69. The highest BCUT2D eigenvalue weighted by Crippen LogP contribution is 2.42. The van der Waals surface area contributed by atoms with Gasteiger partial charge in [0.05, 0.1) is 24.7 Å². The van der Waals surface area contributed by atoms with E-state index in [1.165, 1.54) is 11.8 Å². The zero-order chi connectivity index (χ0) is 25.2. The van der Waals surface area contributed by atoms with Gasteiger partial charge in [0.25, 0.3) is 0 Å². The van der Waals surface area contributed by atoms with Crippen LogP contribution in [0.1, 0.15) is 23.6 Å². The van der Waals surface area contributed by atoms with Gasteiger partial charge in [0.2, 0.25) is 11.8 Å². The first-order valence-electron chi connectivity index (χ1n) is 12.2. The van der Waals surface area contributed by atoms with Gasteiger partial charge in [-0.1, -0.05) is 55.0 Å². The molecule has 3 unspecified atom stereocenters. The van der Waals surface area contributed by atoms with Crippen molar-refractivity contribution < 1.29 is 19.1 Å². The van der Waals surface area contributed by atoms with E-state index >= 15 is 0 Å². The van der Waals surface area contributed by atoms with E-state index in [2.05, 4.69) is 37.4 Å². The molecule has 1 N–H and O–H groups in total. The standard InChI is InChI=1S/C29H30N2O4S/c1-18-12-13-19(2)21(14-18)16-31-23-8-4-7-11-26(23)36-27(29(31)33)20(3)28(32)30-15-22-17-34-24-9-5-6-10-25(24)35-22/h4-14,20,22,27H,15-17H2,1-3H3,(H,30,32). The summed E-state index contributed by atoms with van der Waals surface area (Å²) in [6.07, 6.45) is -0.285. The molecule has 0 aliphatic carbocycles. The molecule has 2 aliphatic rings. The van der Waals surface area contributed by atoms with Crippen molar-refractivity contribution in [2.45, 2.75) is 43.6 Å². The number of hydrogen-bond acceptors (Lipinski definition) is 5. The summed E-state index contributed by atoms with van der Waals surface area (Å²) < 4.78 is 11.7. The first kappa shape index (κ1) is 24.3. The van der Waals surface area contributed by atoms with E-state index in [1.807, 2.05) is 60.4 Å². The molecule has 186 valence electrons. The average Bonchev–Trinajstić information content (AvgIpc) is 2.90. The van der Waals surface area contributed by atoms with Gasteiger partial charge in [0.15, 0.2) is 11.5 Å². The first-order chi connectivity index (χ1) is 17.4. The highest BCUT2D eigenvalue weighted by atomic mass is 32.2. The molecular formula is C29H30N2O4S. The number of carbonyl (C=O) groups is 2. The number of rotatable bonds is 6. The summed E-state index contributed by atoms with van der Waals surface area (Å²) in [6, 6.07) is 21.7. The number of aryl methyl sites for hydroxylation is 2. The summed E-state index contributed by atoms with van der Waals surface area (Å²) in [5.41, 5.74) is 4.30. The van der Waals surface area contributed by atoms with E-state index in [0.29, 0.717) is 31.2 Å². The zero-order valence-corrected chi connectivity index (χ0v) is 21.5. The van der Waals surface area contributed by atoms with Crippen molar-refractivity contribution in [3.05, 3.63) is 83.4 Å². The number of hydrogen-bond donors (Lipinski definition) is 1. The van der Waals surface area contributed by atoms with Gasteiger partial charge in [-0.15, -0.1) is 11.8 Å². The molecule has 7 heteroatoms. The Morgan fingerprint density at radius 3 is 2.67 bits per heavy atom. The van der Waals surface area contributed by atoms with Crippen LogP contribution < -0.4 is 19.7 Å². The molecule has 6 nitrogen and oxygen atoms in total. The molecule has 0 saturated carbocycles. The molecule has 2 amide bonds. The lowest BCUT2D eigenvalue weighted by Gasteiger charge is -2.36. The molecule has 0 bridgehead atoms. The van der Waals surface area contributed by atoms with Crippen LogP contribution in [0.25, 0.3) is 0 Å². The predicted octanol–water partition coefficient (Wildman–Crippen LogP) is 4.90. The molecule has 0 spiro atoms. The van der Waals surface area contributed by atoms with Crippen LogP contribution in [0.4, 0.5) is 5.69 Å². The van der Waals surface area contributed by atoms with Gasteiger partial charge in [0, 0.05) is 4.90 Å². The molecule has 3 aromatic rings. The van der Waals surface area contributed by atoms with E-state index < -0.39 is 11.2 Å². The second-order valence-electron chi connectivity index (χ2n) is 9.39. The van der Waals surface area contributed by atoms with Crippen molar-refractivity contribution >= 4 is 29.3 Å². The molecule has 0 fully saturated rings. The summed E-state index contributed by atoms with van der Waals surface area (Å²) in [5, 5.41) is 2.46. The average molecular weight is 503 g/mol. The van der Waals surface area contributed by atoms with Crippen LogP contribution in [0.15, 0.2) is 71.6 Å². The van der Waals surface area contributed by atoms with E-state index in [9.17, 15) is 9.59 Å². The van der Waals surface area contributed by atoms with Gasteiger partial charge in [-0.25, -0.2) is 0 Å². The van der Waals surface area contributed by atoms with Crippen LogP contribution in [0.2, 0.25) is 0 Å². The van der Waals surface area contributed by atoms with Crippen LogP contribution in [-0.4, -0.2) is 36.3 Å². The molecular weight excluding hydrogens is 472 g/mol. The summed E-state index contributed by atoms with van der Waals surface area (Å²) in [4.78, 5) is 29.8. The highest BCUT2D eigenvalue weighted by Gasteiger charge is 2.39. The molecule has 2 aliphatic heterocycles. The van der Waals surface area contributed by atoms with Crippen LogP contribution >= 0.6 is 11.8 Å². The molecule has 3 aromatic carbocycles. The topological polar surface area (TPSA) is 67.9 Å². The lowest BCUT2D eigenvalue weighted by molar-refractivity contribution is -0.128. The maximum Gasteiger partial charge on any atom is 0.241 e. The van der Waals surface area contributed by atoms with Gasteiger partial charge >= 0.3 is 0 Å². The Morgan fingerprint density at radius 1 is 1.08 bits per heavy atom. The van der Waals surface area contributed by atoms with E-state index in [4.69, 9.17) is 9.47 Å². The van der Waals surface area contributed by atoms with Gasteiger partial charge in [-0.05, 0) is 49.2 Å². The number of anilines is 1. The van der Waals surface area contributed by atoms with Crippen molar-refractivity contribution in [3.8, 4) is 11.5 Å². The molecule has 2 heterocycles. The van der Waals surface area contributed by atoms with E-state index in [1.54, 1.807) is 0 Å². The Bertz CT molecular complexity index is 1290. The fourth-order valence-electron chi connectivity index (χ4n) is 4.54. The van der Waals surface area contributed by atoms with Gasteiger partial charge in [-0.2, -0.15) is 0 Å². The number of fused-ring (bicyclic) bond motifs is 2. The zero-order valence-electron chi connectivity index (χ0n) is 20.7. The normalized spacial score (nSPS) is 19.4. The van der Waals surface area contributed by atoms with Crippen molar-refractivity contribution in [3.63, 3.8) is 0 Å². The minimum atomic E-state index is -0.520. The summed E-state index contributed by atoms with van der Waals surface area (Å²) in [5.74, 6) is 0.643. The fourth-order valence-corrected chi connectivity index (χ4v) is 5.82. The largest absolute Gasteiger partial charge is 0.486 e. The van der Waals surface area contributed by atoms with Crippen LogP contribution in [0.3, 0.4) is 0 Å². The Kier molecular flexibility index (Phi) is 6.92. The highest BCUT2D eigenvalue weighted by molar-refractivity contribution is 8.01. The van der Waals surface area contributed by atoms with Crippen LogP contribution in [0.5, 0.6) is 11.5 Å². The predicted molar refractivity (Wildman–Crippen MR) is 142 cm³/mol. The number of thioether (sulfide) groups is 1. The van der Waals surface area contributed by atoms with Crippen LogP contribution in [0, 0.1) is 19.8 Å². The van der Waals surface area contributed by atoms with E-state index in [-0.39, 0.29) is 17.9 Å². The molecule has 5 rings (SSSR count). The maximum atomic E-state index is 13.8. The Morgan fingerprint density at radius 2 is 1.83 bits per heavy atom. The van der Waals surface area contributed by atoms with Crippen molar-refractivity contribution in [2.75, 3.05) is 18.1 Å². The number of para-hydroxylation sites is 3. The number of benzene rings is 3. The molecule has 3 atom stereocenters. The number of nitrogens with zero attached hydrogens (tertiary/aromatic N) is 1. The number of amides is 2. The lowest BCUT2D eigenvalue weighted by Crippen LogP contribution is -2.49. The Balaban J connectivity index is 1.29. The molecule has 36 heavy (non-hydrogen) atoms.